The molecule has 1 unspecified atom stereocenters. The Morgan fingerprint density at radius 1 is 1.26 bits per heavy atom. The molecule has 106 valence electrons. The van der Waals surface area contributed by atoms with Crippen molar-refractivity contribution in [2.75, 3.05) is 6.54 Å². The molecular weight excluding hydrogens is 254 g/mol. The van der Waals surface area contributed by atoms with E-state index in [1.54, 1.807) is 0 Å². The summed E-state index contributed by atoms with van der Waals surface area (Å²) >= 11 is 1.36. The molecule has 1 aromatic rings. The van der Waals surface area contributed by atoms with Gasteiger partial charge in [0, 0.05) is 6.04 Å². The van der Waals surface area contributed by atoms with Gasteiger partial charge in [0.15, 0.2) is 0 Å². The van der Waals surface area contributed by atoms with Crippen LogP contribution in [0.4, 0.5) is 0 Å². The number of unbranched alkanes of at least 4 members (excludes halogenated alkanes) is 4. The SMILES string of the molecule is CCCCCCCc1nsnc1C1=CCCNC1C. The minimum Gasteiger partial charge on any atom is -0.310 e. The van der Waals surface area contributed by atoms with Crippen molar-refractivity contribution < 1.29 is 0 Å². The molecule has 2 rings (SSSR count). The second-order valence-corrected chi connectivity index (χ2v) is 5.88. The fourth-order valence-electron chi connectivity index (χ4n) is 2.60. The van der Waals surface area contributed by atoms with Crippen LogP contribution in [0.25, 0.3) is 5.57 Å². The summed E-state index contributed by atoms with van der Waals surface area (Å²) in [4.78, 5) is 0. The van der Waals surface area contributed by atoms with Crippen molar-refractivity contribution in [3.8, 4) is 0 Å². The summed E-state index contributed by atoms with van der Waals surface area (Å²) in [5, 5.41) is 3.50. The summed E-state index contributed by atoms with van der Waals surface area (Å²) in [6.45, 7) is 5.55. The van der Waals surface area contributed by atoms with Gasteiger partial charge in [0.05, 0.1) is 17.4 Å². The molecule has 19 heavy (non-hydrogen) atoms. The van der Waals surface area contributed by atoms with Gasteiger partial charge < -0.3 is 5.32 Å². The summed E-state index contributed by atoms with van der Waals surface area (Å²) in [7, 11) is 0. The fourth-order valence-corrected chi connectivity index (χ4v) is 3.21. The lowest BCUT2D eigenvalue weighted by Crippen LogP contribution is -2.31. The van der Waals surface area contributed by atoms with Crippen LogP contribution in [0, 0.1) is 0 Å². The van der Waals surface area contributed by atoms with Crippen LogP contribution >= 0.6 is 11.7 Å². The molecule has 1 atom stereocenters. The number of hydrogen-bond donors (Lipinski definition) is 1. The van der Waals surface area contributed by atoms with E-state index in [9.17, 15) is 0 Å². The molecule has 0 radical (unpaired) electrons. The van der Waals surface area contributed by atoms with Crippen LogP contribution in [0.3, 0.4) is 0 Å². The number of nitrogens with zero attached hydrogens (tertiary/aromatic N) is 2. The van der Waals surface area contributed by atoms with Crippen molar-refractivity contribution in [2.45, 2.75) is 64.8 Å². The van der Waals surface area contributed by atoms with Crippen molar-refractivity contribution in [1.82, 2.24) is 14.1 Å². The first-order valence-corrected chi connectivity index (χ1v) is 8.31. The van der Waals surface area contributed by atoms with Gasteiger partial charge in [0.2, 0.25) is 0 Å². The molecule has 0 spiro atoms. The summed E-state index contributed by atoms with van der Waals surface area (Å²) in [6, 6.07) is 0.413. The Kier molecular flexibility index (Phi) is 5.98. The van der Waals surface area contributed by atoms with E-state index in [0.717, 1.165) is 25.1 Å². The Bertz CT molecular complexity index is 411. The van der Waals surface area contributed by atoms with Crippen LogP contribution in [-0.2, 0) is 6.42 Å². The molecule has 4 heteroatoms. The highest BCUT2D eigenvalue weighted by Gasteiger charge is 2.19. The normalized spacial score (nSPS) is 19.5. The molecule has 0 aromatic carbocycles. The highest BCUT2D eigenvalue weighted by molar-refractivity contribution is 6.99. The average Bonchev–Trinajstić information content (AvgIpc) is 2.87. The quantitative estimate of drug-likeness (QED) is 0.771. The second kappa shape index (κ2) is 7.75. The maximum Gasteiger partial charge on any atom is 0.105 e. The predicted octanol–water partition coefficient (Wildman–Crippen LogP) is 3.82. The van der Waals surface area contributed by atoms with Crippen LogP contribution in [0.5, 0.6) is 0 Å². The van der Waals surface area contributed by atoms with Crippen LogP contribution in [0.2, 0.25) is 0 Å². The smallest absolute Gasteiger partial charge is 0.105 e. The summed E-state index contributed by atoms with van der Waals surface area (Å²) in [5.41, 5.74) is 3.71. The van der Waals surface area contributed by atoms with Gasteiger partial charge in [0.25, 0.3) is 0 Å². The van der Waals surface area contributed by atoms with Gasteiger partial charge in [-0.3, -0.25) is 0 Å². The predicted molar refractivity (Wildman–Crippen MR) is 82.4 cm³/mol. The zero-order valence-electron chi connectivity index (χ0n) is 12.1. The minimum atomic E-state index is 0.413. The molecule has 0 bridgehead atoms. The van der Waals surface area contributed by atoms with Crippen LogP contribution < -0.4 is 5.32 Å². The molecule has 0 saturated carbocycles. The van der Waals surface area contributed by atoms with E-state index >= 15 is 0 Å². The minimum absolute atomic E-state index is 0.413. The molecule has 0 aliphatic carbocycles. The largest absolute Gasteiger partial charge is 0.310 e. The lowest BCUT2D eigenvalue weighted by atomic mass is 9.97. The Hall–Kier alpha value is -0.740. The first-order valence-electron chi connectivity index (χ1n) is 7.58. The first kappa shape index (κ1) is 14.7. The zero-order valence-corrected chi connectivity index (χ0v) is 12.9. The monoisotopic (exact) mass is 279 g/mol. The number of rotatable bonds is 7. The molecule has 3 nitrogen and oxygen atoms in total. The lowest BCUT2D eigenvalue weighted by molar-refractivity contribution is 0.619. The molecule has 0 amide bonds. The van der Waals surface area contributed by atoms with Gasteiger partial charge in [-0.15, -0.1) is 0 Å². The van der Waals surface area contributed by atoms with E-state index in [0.29, 0.717) is 6.04 Å². The Morgan fingerprint density at radius 2 is 2.11 bits per heavy atom. The van der Waals surface area contributed by atoms with Crippen LogP contribution in [-0.4, -0.2) is 21.3 Å². The van der Waals surface area contributed by atoms with Gasteiger partial charge in [0.1, 0.15) is 5.69 Å². The fraction of sp³-hybridized carbons (Fsp3) is 0.733. The standard InChI is InChI=1S/C15H25N3S/c1-3-4-5-6-7-10-14-15(18-19-17-14)13-9-8-11-16-12(13)2/h9,12,16H,3-8,10-11H2,1-2H3. The van der Waals surface area contributed by atoms with E-state index in [4.69, 9.17) is 0 Å². The molecule has 0 fully saturated rings. The summed E-state index contributed by atoms with van der Waals surface area (Å²) < 4.78 is 9.03. The van der Waals surface area contributed by atoms with E-state index in [1.807, 2.05) is 0 Å². The van der Waals surface area contributed by atoms with Crippen molar-refractivity contribution in [1.29, 1.82) is 0 Å². The van der Waals surface area contributed by atoms with E-state index in [2.05, 4.69) is 34.0 Å². The van der Waals surface area contributed by atoms with Crippen molar-refractivity contribution >= 4 is 17.3 Å². The third-order valence-electron chi connectivity index (χ3n) is 3.77. The summed E-state index contributed by atoms with van der Waals surface area (Å²) in [6.07, 6.45) is 11.1. The van der Waals surface area contributed by atoms with Gasteiger partial charge in [-0.1, -0.05) is 38.7 Å². The zero-order chi connectivity index (χ0) is 13.5. The van der Waals surface area contributed by atoms with E-state index in [-0.39, 0.29) is 0 Å². The van der Waals surface area contributed by atoms with Crippen molar-refractivity contribution in [3.05, 3.63) is 17.5 Å². The maximum atomic E-state index is 4.53. The van der Waals surface area contributed by atoms with Crippen LogP contribution in [0.1, 0.15) is 63.8 Å². The van der Waals surface area contributed by atoms with Crippen LogP contribution in [0.15, 0.2) is 6.08 Å². The third-order valence-corrected chi connectivity index (χ3v) is 4.34. The molecule has 1 aliphatic heterocycles. The molecule has 0 saturated heterocycles. The van der Waals surface area contributed by atoms with Crippen molar-refractivity contribution in [2.24, 2.45) is 0 Å². The third kappa shape index (κ3) is 4.11. The topological polar surface area (TPSA) is 37.8 Å². The van der Waals surface area contributed by atoms with Gasteiger partial charge >= 0.3 is 0 Å². The van der Waals surface area contributed by atoms with Gasteiger partial charge in [-0.2, -0.15) is 8.75 Å². The van der Waals surface area contributed by atoms with Gasteiger partial charge in [-0.05, 0) is 38.3 Å². The maximum absolute atomic E-state index is 4.53. The molecule has 1 aliphatic rings. The number of aromatic nitrogens is 2. The van der Waals surface area contributed by atoms with Crippen molar-refractivity contribution in [3.63, 3.8) is 0 Å². The van der Waals surface area contributed by atoms with E-state index < -0.39 is 0 Å². The first-order chi connectivity index (χ1) is 9.33. The number of aryl methyl sites for hydroxylation is 1. The highest BCUT2D eigenvalue weighted by Crippen LogP contribution is 2.24. The Morgan fingerprint density at radius 3 is 2.89 bits per heavy atom. The molecule has 1 N–H and O–H groups in total. The Labute approximate surface area is 120 Å². The highest BCUT2D eigenvalue weighted by atomic mass is 32.1. The average molecular weight is 279 g/mol. The number of nitrogens with one attached hydrogen (secondary N) is 1. The molecule has 2 heterocycles. The van der Waals surface area contributed by atoms with Gasteiger partial charge in [-0.25, -0.2) is 0 Å². The summed E-state index contributed by atoms with van der Waals surface area (Å²) in [5.74, 6) is 0. The second-order valence-electron chi connectivity index (χ2n) is 5.35. The Balaban J connectivity index is 1.92. The molecule has 1 aromatic heterocycles. The molecular formula is C15H25N3S. The lowest BCUT2D eigenvalue weighted by Gasteiger charge is -2.21. The number of hydrogen-bond acceptors (Lipinski definition) is 4. The van der Waals surface area contributed by atoms with E-state index in [1.165, 1.54) is 55.1 Å².